The fourth-order valence-electron chi connectivity index (χ4n) is 0. The van der Waals surface area contributed by atoms with Crippen LogP contribution in [-0.4, -0.2) is 39.1 Å². The molecule has 8 N–H and O–H groups in total. The van der Waals surface area contributed by atoms with Gasteiger partial charge in [0, 0.05) is 5.82 Å². The van der Waals surface area contributed by atoms with E-state index in [-0.39, 0.29) is 0 Å². The standard InChI is InChI=1S/C2H5O3P.2H3O4P/c1-2-6(3,4)5;2*1-5(2,3)4/h2H,1H2,(H2,3,4,5);2*(H3,1,2,3,4). The average Bonchev–Trinajstić information content (AvgIpc) is 1.77. The Kier molecular flexibility index (Phi) is 11.0. The van der Waals surface area contributed by atoms with Gasteiger partial charge in [0.1, 0.15) is 0 Å². The molecule has 0 rings (SSSR count). The van der Waals surface area contributed by atoms with Crippen molar-refractivity contribution in [1.29, 1.82) is 0 Å². The summed E-state index contributed by atoms with van der Waals surface area (Å²) in [5, 5.41) is 0. The van der Waals surface area contributed by atoms with Crippen molar-refractivity contribution >= 4 is 23.2 Å². The Morgan fingerprint density at radius 2 is 0.750 bits per heavy atom. The first-order valence-corrected chi connectivity index (χ1v) is 7.63. The Morgan fingerprint density at radius 1 is 0.688 bits per heavy atom. The van der Waals surface area contributed by atoms with Crippen LogP contribution in [0.5, 0.6) is 0 Å². The molecule has 14 heteroatoms. The van der Waals surface area contributed by atoms with Crippen molar-refractivity contribution in [3.63, 3.8) is 0 Å². The second-order valence-corrected chi connectivity index (χ2v) is 5.39. The third-order valence-corrected chi connectivity index (χ3v) is 0.714. The van der Waals surface area contributed by atoms with Gasteiger partial charge in [-0.25, -0.2) is 9.13 Å². The molecule has 0 unspecified atom stereocenters. The average molecular weight is 304 g/mol. The van der Waals surface area contributed by atoms with Crippen LogP contribution in [0.3, 0.4) is 0 Å². The summed E-state index contributed by atoms with van der Waals surface area (Å²) in [6.45, 7) is 2.87. The minimum absolute atomic E-state index is 0.604. The van der Waals surface area contributed by atoms with Crippen LogP contribution in [-0.2, 0) is 13.7 Å². The smallest absolute Gasteiger partial charge is 0.321 e. The van der Waals surface area contributed by atoms with E-state index in [1.54, 1.807) is 0 Å². The molecule has 0 saturated carbocycles. The molecule has 0 aliphatic carbocycles. The molecule has 0 amide bonds. The lowest BCUT2D eigenvalue weighted by molar-refractivity contribution is 0.272. The molecule has 0 atom stereocenters. The van der Waals surface area contributed by atoms with Crippen molar-refractivity contribution in [3.05, 3.63) is 12.4 Å². The molecule has 16 heavy (non-hydrogen) atoms. The highest BCUT2D eigenvalue weighted by molar-refractivity contribution is 7.55. The molecule has 0 aliphatic heterocycles. The van der Waals surface area contributed by atoms with Gasteiger partial charge in [0.2, 0.25) is 0 Å². The summed E-state index contributed by atoms with van der Waals surface area (Å²) >= 11 is 0. The molecular formula is C2H11O11P3. The zero-order valence-electron chi connectivity index (χ0n) is 7.43. The maximum Gasteiger partial charge on any atom is 0.466 e. The molecule has 0 aromatic heterocycles. The van der Waals surface area contributed by atoms with Gasteiger partial charge in [0.25, 0.3) is 0 Å². The lowest BCUT2D eigenvalue weighted by atomic mass is 11.3. The van der Waals surface area contributed by atoms with Gasteiger partial charge >= 0.3 is 23.2 Å². The van der Waals surface area contributed by atoms with E-state index in [4.69, 9.17) is 48.3 Å². The number of hydrogen-bond acceptors (Lipinski definition) is 3. The van der Waals surface area contributed by atoms with Gasteiger partial charge < -0.3 is 39.1 Å². The SMILES string of the molecule is C=CP(=O)(O)O.O=P(O)(O)O.O=P(O)(O)O. The van der Waals surface area contributed by atoms with Crippen molar-refractivity contribution in [2.24, 2.45) is 0 Å². The lowest BCUT2D eigenvalue weighted by Crippen LogP contribution is -1.66. The summed E-state index contributed by atoms with van der Waals surface area (Å²) in [6, 6.07) is 0. The largest absolute Gasteiger partial charge is 0.466 e. The summed E-state index contributed by atoms with van der Waals surface area (Å²) in [6.07, 6.45) is 0. The van der Waals surface area contributed by atoms with Crippen molar-refractivity contribution in [3.8, 4) is 0 Å². The lowest BCUT2D eigenvalue weighted by Gasteiger charge is -1.87. The Hall–Kier alpha value is 0.110. The van der Waals surface area contributed by atoms with Crippen LogP contribution in [0.1, 0.15) is 0 Å². The van der Waals surface area contributed by atoms with Gasteiger partial charge in [-0.1, -0.05) is 6.58 Å². The van der Waals surface area contributed by atoms with Crippen molar-refractivity contribution in [1.82, 2.24) is 0 Å². The van der Waals surface area contributed by atoms with Crippen LogP contribution in [0.25, 0.3) is 0 Å². The van der Waals surface area contributed by atoms with Gasteiger partial charge in [0.05, 0.1) is 0 Å². The van der Waals surface area contributed by atoms with E-state index in [1.165, 1.54) is 0 Å². The topological polar surface area (TPSA) is 213 Å². The summed E-state index contributed by atoms with van der Waals surface area (Å²) < 4.78 is 27.3. The van der Waals surface area contributed by atoms with Crippen LogP contribution in [0, 0.1) is 0 Å². The Labute approximate surface area is 89.3 Å². The second-order valence-electron chi connectivity index (χ2n) is 1.80. The molecule has 0 spiro atoms. The maximum atomic E-state index is 9.58. The molecule has 0 radical (unpaired) electrons. The molecule has 0 saturated heterocycles. The van der Waals surface area contributed by atoms with Crippen LogP contribution in [0.2, 0.25) is 0 Å². The fraction of sp³-hybridized carbons (Fsp3) is 0. The molecule has 0 aromatic carbocycles. The summed E-state index contributed by atoms with van der Waals surface area (Å²) in [4.78, 5) is 58.8. The predicted octanol–water partition coefficient (Wildman–Crippen LogP) is -1.55. The Bertz CT molecular complexity index is 278. The number of rotatable bonds is 1. The zero-order valence-corrected chi connectivity index (χ0v) is 10.1. The minimum atomic E-state index is -4.64. The zero-order chi connectivity index (χ0) is 14.2. The quantitative estimate of drug-likeness (QED) is 0.259. The van der Waals surface area contributed by atoms with E-state index < -0.39 is 23.2 Å². The van der Waals surface area contributed by atoms with Gasteiger partial charge in [-0.15, -0.1) is 0 Å². The van der Waals surface area contributed by atoms with Crippen LogP contribution >= 0.6 is 23.2 Å². The van der Waals surface area contributed by atoms with Crippen molar-refractivity contribution in [2.75, 3.05) is 0 Å². The Balaban J connectivity index is -0.000000160. The molecule has 11 nitrogen and oxygen atoms in total. The summed E-state index contributed by atoms with van der Waals surface area (Å²) in [5.41, 5.74) is 0. The first-order chi connectivity index (χ1) is 6.56. The van der Waals surface area contributed by atoms with E-state index >= 15 is 0 Å². The molecule has 0 aliphatic rings. The highest BCUT2D eigenvalue weighted by atomic mass is 31.2. The molecule has 0 heterocycles. The van der Waals surface area contributed by atoms with Crippen molar-refractivity contribution in [2.45, 2.75) is 0 Å². The predicted molar refractivity (Wildman–Crippen MR) is 50.8 cm³/mol. The third kappa shape index (κ3) is 251. The van der Waals surface area contributed by atoms with E-state index in [2.05, 4.69) is 6.58 Å². The van der Waals surface area contributed by atoms with E-state index in [9.17, 15) is 4.57 Å². The normalized spacial score (nSPS) is 11.5. The molecule has 100 valence electrons. The molecule has 0 aromatic rings. The highest BCUT2D eigenvalue weighted by Gasteiger charge is 2.01. The third-order valence-electron chi connectivity index (χ3n) is 0.238. The van der Waals surface area contributed by atoms with E-state index in [1.807, 2.05) is 0 Å². The van der Waals surface area contributed by atoms with Crippen molar-refractivity contribution < 1.29 is 52.8 Å². The molecule has 0 bridgehead atoms. The van der Waals surface area contributed by atoms with E-state index in [0.717, 1.165) is 0 Å². The minimum Gasteiger partial charge on any atom is -0.321 e. The molecular weight excluding hydrogens is 293 g/mol. The van der Waals surface area contributed by atoms with E-state index in [0.29, 0.717) is 5.82 Å². The maximum absolute atomic E-state index is 9.58. The fourth-order valence-corrected chi connectivity index (χ4v) is 0. The monoisotopic (exact) mass is 304 g/mol. The van der Waals surface area contributed by atoms with Crippen LogP contribution < -0.4 is 0 Å². The Morgan fingerprint density at radius 3 is 0.750 bits per heavy atom. The van der Waals surface area contributed by atoms with Gasteiger partial charge in [-0.3, -0.25) is 4.57 Å². The van der Waals surface area contributed by atoms with Gasteiger partial charge in [-0.2, -0.15) is 0 Å². The summed E-state index contributed by atoms with van der Waals surface area (Å²) in [7, 11) is -13.2. The number of phosphoric acid groups is 2. The van der Waals surface area contributed by atoms with Crippen LogP contribution in [0.4, 0.5) is 0 Å². The van der Waals surface area contributed by atoms with Crippen LogP contribution in [0.15, 0.2) is 12.4 Å². The first-order valence-electron chi connectivity index (χ1n) is 2.81. The van der Waals surface area contributed by atoms with Gasteiger partial charge in [-0.05, 0) is 0 Å². The first kappa shape index (κ1) is 21.4. The molecule has 0 fully saturated rings. The highest BCUT2D eigenvalue weighted by Crippen LogP contribution is 2.34. The van der Waals surface area contributed by atoms with Gasteiger partial charge in [0.15, 0.2) is 0 Å². The second kappa shape index (κ2) is 8.24. The number of hydrogen-bond donors (Lipinski definition) is 8. The summed E-state index contributed by atoms with van der Waals surface area (Å²) in [5.74, 6) is 0.604.